The minimum Gasteiger partial charge on any atom is -0.493 e. The standard InChI is InChI=1S/C20H24O4/c1-5-7-16-12-17(13-18(22-3)19(16)23-4)14-8-10-15(11-9-14)20(21)24-6-2/h8-13H,5-7H2,1-4H3. The summed E-state index contributed by atoms with van der Waals surface area (Å²) in [5, 5.41) is 0. The molecule has 0 amide bonds. The summed E-state index contributed by atoms with van der Waals surface area (Å²) in [6.07, 6.45) is 1.93. The molecular formula is C20H24O4. The molecule has 0 bridgehead atoms. The van der Waals surface area contributed by atoms with Crippen molar-refractivity contribution in [2.75, 3.05) is 20.8 Å². The maximum Gasteiger partial charge on any atom is 0.338 e. The zero-order chi connectivity index (χ0) is 17.5. The predicted molar refractivity (Wildman–Crippen MR) is 94.9 cm³/mol. The van der Waals surface area contributed by atoms with E-state index in [1.54, 1.807) is 33.3 Å². The van der Waals surface area contributed by atoms with Crippen LogP contribution in [-0.2, 0) is 11.2 Å². The molecule has 4 nitrogen and oxygen atoms in total. The van der Waals surface area contributed by atoms with E-state index in [4.69, 9.17) is 14.2 Å². The average molecular weight is 328 g/mol. The Balaban J connectivity index is 2.40. The van der Waals surface area contributed by atoms with Gasteiger partial charge in [-0.3, -0.25) is 0 Å². The fourth-order valence-corrected chi connectivity index (χ4v) is 2.68. The Hall–Kier alpha value is -2.49. The van der Waals surface area contributed by atoms with E-state index in [-0.39, 0.29) is 5.97 Å². The van der Waals surface area contributed by atoms with Crippen LogP contribution in [-0.4, -0.2) is 26.8 Å². The molecule has 0 aliphatic heterocycles. The third-order valence-corrected chi connectivity index (χ3v) is 3.80. The number of rotatable bonds is 7. The fraction of sp³-hybridized carbons (Fsp3) is 0.350. The van der Waals surface area contributed by atoms with Crippen LogP contribution in [0.25, 0.3) is 11.1 Å². The number of methoxy groups -OCH3 is 2. The summed E-state index contributed by atoms with van der Waals surface area (Å²) in [5.41, 5.74) is 3.71. The van der Waals surface area contributed by atoms with Crippen molar-refractivity contribution in [3.63, 3.8) is 0 Å². The highest BCUT2D eigenvalue weighted by molar-refractivity contribution is 5.90. The van der Waals surface area contributed by atoms with Crippen molar-refractivity contribution < 1.29 is 19.0 Å². The largest absolute Gasteiger partial charge is 0.493 e. The molecule has 0 heterocycles. The van der Waals surface area contributed by atoms with E-state index >= 15 is 0 Å². The summed E-state index contributed by atoms with van der Waals surface area (Å²) in [4.78, 5) is 11.8. The van der Waals surface area contributed by atoms with Crippen LogP contribution in [0.4, 0.5) is 0 Å². The highest BCUT2D eigenvalue weighted by Crippen LogP contribution is 2.37. The number of carbonyl (C=O) groups excluding carboxylic acids is 1. The van der Waals surface area contributed by atoms with Gasteiger partial charge >= 0.3 is 5.97 Å². The molecule has 0 radical (unpaired) electrons. The number of benzene rings is 2. The minimum absolute atomic E-state index is 0.303. The second-order valence-corrected chi connectivity index (χ2v) is 5.42. The highest BCUT2D eigenvalue weighted by atomic mass is 16.5. The molecule has 0 saturated heterocycles. The Morgan fingerprint density at radius 3 is 2.21 bits per heavy atom. The third-order valence-electron chi connectivity index (χ3n) is 3.80. The SMILES string of the molecule is CCCc1cc(-c2ccc(C(=O)OCC)cc2)cc(OC)c1OC. The number of hydrogen-bond donors (Lipinski definition) is 0. The highest BCUT2D eigenvalue weighted by Gasteiger charge is 2.13. The maximum absolute atomic E-state index is 11.8. The lowest BCUT2D eigenvalue weighted by Gasteiger charge is -2.15. The van der Waals surface area contributed by atoms with Crippen molar-refractivity contribution in [1.82, 2.24) is 0 Å². The molecule has 0 unspecified atom stereocenters. The number of ether oxygens (including phenoxy) is 3. The van der Waals surface area contributed by atoms with Crippen LogP contribution < -0.4 is 9.47 Å². The Bertz CT molecular complexity index is 690. The Labute approximate surface area is 143 Å². The van der Waals surface area contributed by atoms with Gasteiger partial charge in [-0.15, -0.1) is 0 Å². The predicted octanol–water partition coefficient (Wildman–Crippen LogP) is 4.50. The van der Waals surface area contributed by atoms with Crippen molar-refractivity contribution in [3.8, 4) is 22.6 Å². The smallest absolute Gasteiger partial charge is 0.338 e. The molecule has 0 spiro atoms. The van der Waals surface area contributed by atoms with Crippen LogP contribution >= 0.6 is 0 Å². The van der Waals surface area contributed by atoms with Gasteiger partial charge in [-0.25, -0.2) is 4.79 Å². The van der Waals surface area contributed by atoms with Crippen LogP contribution in [0.15, 0.2) is 36.4 Å². The van der Waals surface area contributed by atoms with E-state index in [1.165, 1.54) is 0 Å². The van der Waals surface area contributed by atoms with Gasteiger partial charge in [0.25, 0.3) is 0 Å². The van der Waals surface area contributed by atoms with E-state index in [0.29, 0.717) is 17.9 Å². The summed E-state index contributed by atoms with van der Waals surface area (Å²) in [5.74, 6) is 1.20. The molecular weight excluding hydrogens is 304 g/mol. The Kier molecular flexibility index (Phi) is 6.24. The van der Waals surface area contributed by atoms with Crippen LogP contribution in [0.2, 0.25) is 0 Å². The van der Waals surface area contributed by atoms with E-state index < -0.39 is 0 Å². The van der Waals surface area contributed by atoms with Crippen LogP contribution in [0.3, 0.4) is 0 Å². The van der Waals surface area contributed by atoms with Crippen LogP contribution in [0.1, 0.15) is 36.2 Å². The first-order valence-corrected chi connectivity index (χ1v) is 8.17. The molecule has 0 aliphatic carbocycles. The van der Waals surface area contributed by atoms with Crippen LogP contribution in [0.5, 0.6) is 11.5 Å². The van der Waals surface area contributed by atoms with Gasteiger partial charge in [-0.1, -0.05) is 25.5 Å². The summed E-state index contributed by atoms with van der Waals surface area (Å²) in [6.45, 7) is 4.30. The molecule has 4 heteroatoms. The molecule has 0 fully saturated rings. The molecule has 0 N–H and O–H groups in total. The summed E-state index contributed by atoms with van der Waals surface area (Å²) in [6, 6.07) is 11.5. The van der Waals surface area contributed by atoms with E-state index in [1.807, 2.05) is 18.2 Å². The quantitative estimate of drug-likeness (QED) is 0.702. The van der Waals surface area contributed by atoms with Gasteiger partial charge < -0.3 is 14.2 Å². The first-order valence-electron chi connectivity index (χ1n) is 8.17. The molecule has 2 aromatic rings. The molecule has 0 aliphatic rings. The summed E-state index contributed by atoms with van der Waals surface area (Å²) in [7, 11) is 3.30. The lowest BCUT2D eigenvalue weighted by Crippen LogP contribution is -2.04. The van der Waals surface area contributed by atoms with Crippen molar-refractivity contribution in [1.29, 1.82) is 0 Å². The molecule has 0 atom stereocenters. The zero-order valence-electron chi connectivity index (χ0n) is 14.7. The second-order valence-electron chi connectivity index (χ2n) is 5.42. The molecule has 2 rings (SSSR count). The van der Waals surface area contributed by atoms with Gasteiger partial charge in [0.05, 0.1) is 26.4 Å². The topological polar surface area (TPSA) is 44.8 Å². The molecule has 128 valence electrons. The van der Waals surface area contributed by atoms with E-state index in [2.05, 4.69) is 13.0 Å². The van der Waals surface area contributed by atoms with Crippen molar-refractivity contribution >= 4 is 5.97 Å². The number of esters is 1. The Morgan fingerprint density at radius 2 is 1.67 bits per heavy atom. The zero-order valence-corrected chi connectivity index (χ0v) is 14.7. The van der Waals surface area contributed by atoms with Gasteiger partial charge in [0.1, 0.15) is 0 Å². The molecule has 0 saturated carbocycles. The maximum atomic E-state index is 11.8. The van der Waals surface area contributed by atoms with Crippen molar-refractivity contribution in [2.45, 2.75) is 26.7 Å². The molecule has 0 aromatic heterocycles. The molecule has 2 aromatic carbocycles. The lowest BCUT2D eigenvalue weighted by molar-refractivity contribution is 0.0526. The lowest BCUT2D eigenvalue weighted by atomic mass is 9.98. The number of aryl methyl sites for hydroxylation is 1. The van der Waals surface area contributed by atoms with Gasteiger partial charge in [-0.2, -0.15) is 0 Å². The van der Waals surface area contributed by atoms with Gasteiger partial charge in [-0.05, 0) is 54.3 Å². The van der Waals surface area contributed by atoms with Gasteiger partial charge in [0, 0.05) is 0 Å². The van der Waals surface area contributed by atoms with Crippen molar-refractivity contribution in [2.24, 2.45) is 0 Å². The van der Waals surface area contributed by atoms with Crippen molar-refractivity contribution in [3.05, 3.63) is 47.5 Å². The normalized spacial score (nSPS) is 10.3. The third kappa shape index (κ3) is 3.88. The number of hydrogen-bond acceptors (Lipinski definition) is 4. The number of carbonyl (C=O) groups is 1. The van der Waals surface area contributed by atoms with E-state index in [0.717, 1.165) is 35.3 Å². The van der Waals surface area contributed by atoms with Gasteiger partial charge in [0.2, 0.25) is 0 Å². The Morgan fingerprint density at radius 1 is 0.958 bits per heavy atom. The first-order chi connectivity index (χ1) is 11.6. The van der Waals surface area contributed by atoms with Crippen LogP contribution in [0, 0.1) is 0 Å². The average Bonchev–Trinajstić information content (AvgIpc) is 2.61. The summed E-state index contributed by atoms with van der Waals surface area (Å²) >= 11 is 0. The monoisotopic (exact) mass is 328 g/mol. The second kappa shape index (κ2) is 8.39. The summed E-state index contributed by atoms with van der Waals surface area (Å²) < 4.78 is 16.0. The fourth-order valence-electron chi connectivity index (χ4n) is 2.68. The van der Waals surface area contributed by atoms with E-state index in [9.17, 15) is 4.79 Å². The van der Waals surface area contributed by atoms with Gasteiger partial charge in [0.15, 0.2) is 11.5 Å². The molecule has 24 heavy (non-hydrogen) atoms. The minimum atomic E-state index is -0.303. The first kappa shape index (κ1) is 17.9.